The zero-order valence-electron chi connectivity index (χ0n) is 10.8. The second-order valence-electron chi connectivity index (χ2n) is 3.95. The van der Waals surface area contributed by atoms with E-state index < -0.39 is 0 Å². The summed E-state index contributed by atoms with van der Waals surface area (Å²) < 4.78 is 10.4. The SMILES string of the molecule is COCCOc1ccccc1C(=O)N[C@@H](C)CN. The number of carbonyl (C=O) groups excluding carboxylic acids is 1. The Balaban J connectivity index is 2.71. The van der Waals surface area contributed by atoms with Gasteiger partial charge in [0, 0.05) is 19.7 Å². The Bertz CT molecular complexity index is 382. The Hall–Kier alpha value is -1.59. The fraction of sp³-hybridized carbons (Fsp3) is 0.462. The molecule has 0 aliphatic rings. The molecule has 0 heterocycles. The van der Waals surface area contributed by atoms with Crippen LogP contribution in [0.3, 0.4) is 0 Å². The van der Waals surface area contributed by atoms with E-state index in [1.807, 2.05) is 13.0 Å². The predicted octanol–water partition coefficient (Wildman–Crippen LogP) is 0.789. The highest BCUT2D eigenvalue weighted by atomic mass is 16.5. The Morgan fingerprint density at radius 1 is 1.39 bits per heavy atom. The molecule has 0 bridgehead atoms. The van der Waals surface area contributed by atoms with Gasteiger partial charge in [0.2, 0.25) is 0 Å². The molecule has 0 aliphatic carbocycles. The summed E-state index contributed by atoms with van der Waals surface area (Å²) in [6.07, 6.45) is 0. The molecule has 1 aromatic carbocycles. The average Bonchev–Trinajstić information content (AvgIpc) is 2.39. The number of amides is 1. The lowest BCUT2D eigenvalue weighted by Gasteiger charge is -2.14. The van der Waals surface area contributed by atoms with Crippen molar-refractivity contribution in [3.05, 3.63) is 29.8 Å². The number of carbonyl (C=O) groups is 1. The molecule has 1 rings (SSSR count). The number of methoxy groups -OCH3 is 1. The summed E-state index contributed by atoms with van der Waals surface area (Å²) in [6.45, 7) is 3.15. The maximum Gasteiger partial charge on any atom is 0.255 e. The van der Waals surface area contributed by atoms with E-state index in [-0.39, 0.29) is 11.9 Å². The smallest absolute Gasteiger partial charge is 0.255 e. The molecule has 1 aromatic rings. The van der Waals surface area contributed by atoms with Crippen LogP contribution in [0.1, 0.15) is 17.3 Å². The topological polar surface area (TPSA) is 73.6 Å². The Labute approximate surface area is 107 Å². The molecule has 0 saturated heterocycles. The number of nitrogens with one attached hydrogen (secondary N) is 1. The van der Waals surface area contributed by atoms with Crippen LogP contribution in [0.15, 0.2) is 24.3 Å². The van der Waals surface area contributed by atoms with Gasteiger partial charge in [0.05, 0.1) is 12.2 Å². The third-order valence-corrected chi connectivity index (χ3v) is 2.41. The van der Waals surface area contributed by atoms with Crippen molar-refractivity contribution >= 4 is 5.91 Å². The van der Waals surface area contributed by atoms with Crippen LogP contribution >= 0.6 is 0 Å². The minimum Gasteiger partial charge on any atom is -0.490 e. The van der Waals surface area contributed by atoms with E-state index >= 15 is 0 Å². The van der Waals surface area contributed by atoms with Gasteiger partial charge in [0.25, 0.3) is 5.91 Å². The monoisotopic (exact) mass is 252 g/mol. The molecule has 1 amide bonds. The van der Waals surface area contributed by atoms with Crippen molar-refractivity contribution in [1.82, 2.24) is 5.32 Å². The molecule has 1 atom stereocenters. The first-order valence-electron chi connectivity index (χ1n) is 5.90. The summed E-state index contributed by atoms with van der Waals surface area (Å²) in [7, 11) is 1.60. The standard InChI is InChI=1S/C13H20N2O3/c1-10(9-14)15-13(16)11-5-3-4-6-12(11)18-8-7-17-2/h3-6,10H,7-9,14H2,1-2H3,(H,15,16)/t10-/m0/s1. The van der Waals surface area contributed by atoms with Crippen molar-refractivity contribution in [1.29, 1.82) is 0 Å². The number of hydrogen-bond acceptors (Lipinski definition) is 4. The zero-order chi connectivity index (χ0) is 13.4. The lowest BCUT2D eigenvalue weighted by atomic mass is 10.1. The van der Waals surface area contributed by atoms with E-state index in [2.05, 4.69) is 5.32 Å². The van der Waals surface area contributed by atoms with Gasteiger partial charge in [-0.15, -0.1) is 0 Å². The molecule has 5 nitrogen and oxygen atoms in total. The molecular weight excluding hydrogens is 232 g/mol. The lowest BCUT2D eigenvalue weighted by molar-refractivity contribution is 0.0933. The van der Waals surface area contributed by atoms with Gasteiger partial charge < -0.3 is 20.5 Å². The van der Waals surface area contributed by atoms with Gasteiger partial charge >= 0.3 is 0 Å². The van der Waals surface area contributed by atoms with Crippen LogP contribution in [-0.4, -0.2) is 38.8 Å². The first-order valence-corrected chi connectivity index (χ1v) is 5.90. The highest BCUT2D eigenvalue weighted by Gasteiger charge is 2.13. The van der Waals surface area contributed by atoms with Crippen molar-refractivity contribution in [3.8, 4) is 5.75 Å². The van der Waals surface area contributed by atoms with Gasteiger partial charge in [0.15, 0.2) is 0 Å². The molecule has 0 unspecified atom stereocenters. The van der Waals surface area contributed by atoms with E-state index in [4.69, 9.17) is 15.2 Å². The predicted molar refractivity (Wildman–Crippen MR) is 69.8 cm³/mol. The maximum absolute atomic E-state index is 12.0. The van der Waals surface area contributed by atoms with Crippen LogP contribution in [-0.2, 0) is 4.74 Å². The average molecular weight is 252 g/mol. The van der Waals surface area contributed by atoms with Crippen LogP contribution in [0.25, 0.3) is 0 Å². The Morgan fingerprint density at radius 3 is 2.78 bits per heavy atom. The normalized spacial score (nSPS) is 11.9. The van der Waals surface area contributed by atoms with Crippen LogP contribution in [0.4, 0.5) is 0 Å². The molecule has 0 spiro atoms. The molecular formula is C13H20N2O3. The minimum absolute atomic E-state index is 0.0652. The summed E-state index contributed by atoms with van der Waals surface area (Å²) in [4.78, 5) is 12.0. The maximum atomic E-state index is 12.0. The number of rotatable bonds is 7. The van der Waals surface area contributed by atoms with E-state index in [1.54, 1.807) is 25.3 Å². The third-order valence-electron chi connectivity index (χ3n) is 2.41. The van der Waals surface area contributed by atoms with Crippen molar-refractivity contribution in [2.75, 3.05) is 26.9 Å². The van der Waals surface area contributed by atoms with Crippen molar-refractivity contribution in [2.24, 2.45) is 5.73 Å². The van der Waals surface area contributed by atoms with Gasteiger partial charge in [-0.2, -0.15) is 0 Å². The van der Waals surface area contributed by atoms with Crippen LogP contribution in [0.2, 0.25) is 0 Å². The highest BCUT2D eigenvalue weighted by molar-refractivity contribution is 5.97. The van der Waals surface area contributed by atoms with Gasteiger partial charge in [-0.3, -0.25) is 4.79 Å². The second-order valence-corrected chi connectivity index (χ2v) is 3.95. The first kappa shape index (κ1) is 14.5. The van der Waals surface area contributed by atoms with Crippen molar-refractivity contribution < 1.29 is 14.3 Å². The molecule has 0 fully saturated rings. The largest absolute Gasteiger partial charge is 0.490 e. The third kappa shape index (κ3) is 4.35. The fourth-order valence-electron chi connectivity index (χ4n) is 1.38. The summed E-state index contributed by atoms with van der Waals surface area (Å²) >= 11 is 0. The molecule has 3 N–H and O–H groups in total. The molecule has 18 heavy (non-hydrogen) atoms. The lowest BCUT2D eigenvalue weighted by Crippen LogP contribution is -2.37. The number of ether oxygens (including phenoxy) is 2. The highest BCUT2D eigenvalue weighted by Crippen LogP contribution is 2.17. The fourth-order valence-corrected chi connectivity index (χ4v) is 1.38. The van der Waals surface area contributed by atoms with E-state index in [9.17, 15) is 4.79 Å². The van der Waals surface area contributed by atoms with Gasteiger partial charge in [-0.1, -0.05) is 12.1 Å². The Kier molecular flexibility index (Phi) is 6.18. The summed E-state index contributed by atoms with van der Waals surface area (Å²) in [5, 5.41) is 2.80. The number of benzene rings is 1. The minimum atomic E-state index is -0.180. The molecule has 0 radical (unpaired) electrons. The van der Waals surface area contributed by atoms with E-state index in [0.717, 1.165) is 0 Å². The van der Waals surface area contributed by atoms with Gasteiger partial charge in [-0.25, -0.2) is 0 Å². The number of para-hydroxylation sites is 1. The summed E-state index contributed by atoms with van der Waals surface area (Å²) in [6, 6.07) is 7.04. The van der Waals surface area contributed by atoms with Crippen molar-refractivity contribution in [2.45, 2.75) is 13.0 Å². The van der Waals surface area contributed by atoms with E-state index in [1.165, 1.54) is 0 Å². The summed E-state index contributed by atoms with van der Waals surface area (Å²) in [5.74, 6) is 0.372. The summed E-state index contributed by atoms with van der Waals surface area (Å²) in [5.41, 5.74) is 5.98. The van der Waals surface area contributed by atoms with Gasteiger partial charge in [-0.05, 0) is 19.1 Å². The molecule has 0 saturated carbocycles. The van der Waals surface area contributed by atoms with E-state index in [0.29, 0.717) is 31.1 Å². The van der Waals surface area contributed by atoms with Crippen LogP contribution < -0.4 is 15.8 Å². The number of hydrogen-bond donors (Lipinski definition) is 2. The zero-order valence-corrected chi connectivity index (χ0v) is 10.8. The molecule has 0 aromatic heterocycles. The molecule has 5 heteroatoms. The molecule has 0 aliphatic heterocycles. The van der Waals surface area contributed by atoms with Gasteiger partial charge in [0.1, 0.15) is 12.4 Å². The number of nitrogens with two attached hydrogens (primary N) is 1. The quantitative estimate of drug-likeness (QED) is 0.704. The van der Waals surface area contributed by atoms with Crippen LogP contribution in [0, 0.1) is 0 Å². The Morgan fingerprint density at radius 2 is 2.11 bits per heavy atom. The molecule has 100 valence electrons. The second kappa shape index (κ2) is 7.68. The first-order chi connectivity index (χ1) is 8.69. The van der Waals surface area contributed by atoms with Crippen LogP contribution in [0.5, 0.6) is 5.75 Å². The van der Waals surface area contributed by atoms with Crippen molar-refractivity contribution in [3.63, 3.8) is 0 Å².